The molecule has 0 aliphatic heterocycles. The molecule has 0 radical (unpaired) electrons. The number of nitrogens with one attached hydrogen (secondary N) is 1. The molecule has 0 bridgehead atoms. The molecule has 0 aliphatic carbocycles. The largest absolute Gasteiger partial charge is 0.376 e. The van der Waals surface area contributed by atoms with Crippen LogP contribution < -0.4 is 5.32 Å². The number of hydrogen-bond donors (Lipinski definition) is 1. The van der Waals surface area contributed by atoms with Crippen molar-refractivity contribution >= 4 is 0 Å². The summed E-state index contributed by atoms with van der Waals surface area (Å²) in [7, 11) is 1.95. The van der Waals surface area contributed by atoms with E-state index in [2.05, 4.69) is 36.2 Å². The van der Waals surface area contributed by atoms with Crippen molar-refractivity contribution < 1.29 is 4.74 Å². The smallest absolute Gasteiger partial charge is 0.0717 e. The van der Waals surface area contributed by atoms with Gasteiger partial charge in [-0.05, 0) is 31.5 Å². The molecule has 1 N–H and O–H groups in total. The van der Waals surface area contributed by atoms with Crippen molar-refractivity contribution in [1.29, 1.82) is 0 Å². The molecule has 0 unspecified atom stereocenters. The van der Waals surface area contributed by atoms with Gasteiger partial charge in [-0.3, -0.25) is 0 Å². The molecule has 0 spiro atoms. The van der Waals surface area contributed by atoms with E-state index in [1.165, 1.54) is 16.7 Å². The van der Waals surface area contributed by atoms with E-state index in [-0.39, 0.29) is 0 Å². The van der Waals surface area contributed by atoms with Crippen LogP contribution in [-0.2, 0) is 17.9 Å². The average Bonchev–Trinajstić information content (AvgIpc) is 2.25. The average molecular weight is 219 g/mol. The lowest BCUT2D eigenvalue weighted by molar-refractivity contribution is 0.124. The molecule has 2 heteroatoms. The third-order valence-corrected chi connectivity index (χ3v) is 2.31. The van der Waals surface area contributed by atoms with E-state index in [4.69, 9.17) is 4.74 Å². The normalized spacial score (nSPS) is 10.4. The highest BCUT2D eigenvalue weighted by Gasteiger charge is 1.96. The minimum absolute atomic E-state index is 0.685. The van der Waals surface area contributed by atoms with Gasteiger partial charge < -0.3 is 10.1 Å². The van der Waals surface area contributed by atoms with Crippen LogP contribution in [0.15, 0.2) is 36.4 Å². The van der Waals surface area contributed by atoms with Gasteiger partial charge in [0.1, 0.15) is 0 Å². The molecule has 0 amide bonds. The lowest BCUT2D eigenvalue weighted by Crippen LogP contribution is -2.05. The van der Waals surface area contributed by atoms with Crippen LogP contribution >= 0.6 is 0 Å². The Morgan fingerprint density at radius 3 is 2.81 bits per heavy atom. The van der Waals surface area contributed by atoms with Gasteiger partial charge in [0.25, 0.3) is 0 Å². The number of benzene rings is 1. The summed E-state index contributed by atoms with van der Waals surface area (Å²) in [4.78, 5) is 0. The summed E-state index contributed by atoms with van der Waals surface area (Å²) >= 11 is 0. The molecule has 1 rings (SSSR count). The molecule has 0 aliphatic rings. The van der Waals surface area contributed by atoms with Gasteiger partial charge >= 0.3 is 0 Å². The zero-order valence-corrected chi connectivity index (χ0v) is 10.3. The molecule has 2 nitrogen and oxygen atoms in total. The van der Waals surface area contributed by atoms with Gasteiger partial charge in [0, 0.05) is 6.54 Å². The maximum absolute atomic E-state index is 5.58. The van der Waals surface area contributed by atoms with Crippen LogP contribution in [0.4, 0.5) is 0 Å². The Morgan fingerprint density at radius 2 is 2.12 bits per heavy atom. The summed E-state index contributed by atoms with van der Waals surface area (Å²) in [5, 5.41) is 3.14. The Balaban J connectivity index is 2.35. The second-order valence-corrected chi connectivity index (χ2v) is 4.11. The molecule has 0 saturated heterocycles. The first kappa shape index (κ1) is 12.9. The van der Waals surface area contributed by atoms with Crippen molar-refractivity contribution in [3.63, 3.8) is 0 Å². The Labute approximate surface area is 98.3 Å². The standard InChI is InChI=1S/C14H21NO/c1-12(2)7-8-16-11-14-6-4-5-13(9-14)10-15-3/h4-6,9,15H,1,7-8,10-11H2,2-3H3. The third-order valence-electron chi connectivity index (χ3n) is 2.31. The lowest BCUT2D eigenvalue weighted by Gasteiger charge is -2.06. The highest BCUT2D eigenvalue weighted by molar-refractivity contribution is 5.22. The second-order valence-electron chi connectivity index (χ2n) is 4.11. The molecule has 0 heterocycles. The Morgan fingerprint density at radius 1 is 1.38 bits per heavy atom. The fourth-order valence-electron chi connectivity index (χ4n) is 1.47. The topological polar surface area (TPSA) is 21.3 Å². The van der Waals surface area contributed by atoms with Crippen LogP contribution in [0.3, 0.4) is 0 Å². The lowest BCUT2D eigenvalue weighted by atomic mass is 10.1. The van der Waals surface area contributed by atoms with Crippen molar-refractivity contribution in [3.05, 3.63) is 47.5 Å². The van der Waals surface area contributed by atoms with E-state index in [1.807, 2.05) is 14.0 Å². The van der Waals surface area contributed by atoms with Crippen LogP contribution in [0.5, 0.6) is 0 Å². The zero-order chi connectivity index (χ0) is 11.8. The maximum Gasteiger partial charge on any atom is 0.0717 e. The first-order chi connectivity index (χ1) is 7.72. The first-order valence-electron chi connectivity index (χ1n) is 5.67. The van der Waals surface area contributed by atoms with Gasteiger partial charge in [-0.1, -0.05) is 29.8 Å². The summed E-state index contributed by atoms with van der Waals surface area (Å²) in [6.45, 7) is 8.22. The van der Waals surface area contributed by atoms with E-state index < -0.39 is 0 Å². The molecule has 1 aromatic rings. The molecule has 16 heavy (non-hydrogen) atoms. The maximum atomic E-state index is 5.58. The van der Waals surface area contributed by atoms with E-state index in [0.717, 1.165) is 19.6 Å². The summed E-state index contributed by atoms with van der Waals surface area (Å²) in [5.41, 5.74) is 3.70. The van der Waals surface area contributed by atoms with Gasteiger partial charge in [0.2, 0.25) is 0 Å². The van der Waals surface area contributed by atoms with Gasteiger partial charge in [-0.2, -0.15) is 0 Å². The molecule has 0 fully saturated rings. The third kappa shape index (κ3) is 5.10. The van der Waals surface area contributed by atoms with Crippen LogP contribution in [0.1, 0.15) is 24.5 Å². The second kappa shape index (κ2) is 7.20. The van der Waals surface area contributed by atoms with Crippen molar-refractivity contribution in [3.8, 4) is 0 Å². The molecule has 0 atom stereocenters. The van der Waals surface area contributed by atoms with Crippen LogP contribution in [0.25, 0.3) is 0 Å². The summed E-state index contributed by atoms with van der Waals surface area (Å²) < 4.78 is 5.58. The first-order valence-corrected chi connectivity index (χ1v) is 5.67. The fourth-order valence-corrected chi connectivity index (χ4v) is 1.47. The number of hydrogen-bond acceptors (Lipinski definition) is 2. The van der Waals surface area contributed by atoms with Crippen molar-refractivity contribution in [2.75, 3.05) is 13.7 Å². The van der Waals surface area contributed by atoms with E-state index in [0.29, 0.717) is 6.61 Å². The molecule has 0 saturated carbocycles. The fraction of sp³-hybridized carbons (Fsp3) is 0.429. The highest BCUT2D eigenvalue weighted by atomic mass is 16.5. The van der Waals surface area contributed by atoms with Crippen LogP contribution in [0.2, 0.25) is 0 Å². The molecular formula is C14H21NO. The molecule has 88 valence electrons. The summed E-state index contributed by atoms with van der Waals surface area (Å²) in [5.74, 6) is 0. The van der Waals surface area contributed by atoms with Crippen LogP contribution in [0, 0.1) is 0 Å². The van der Waals surface area contributed by atoms with E-state index >= 15 is 0 Å². The summed E-state index contributed by atoms with van der Waals surface area (Å²) in [6.07, 6.45) is 0.941. The Bertz CT molecular complexity index is 333. The monoisotopic (exact) mass is 219 g/mol. The predicted molar refractivity (Wildman–Crippen MR) is 68.3 cm³/mol. The van der Waals surface area contributed by atoms with Gasteiger partial charge in [-0.15, -0.1) is 6.58 Å². The SMILES string of the molecule is C=C(C)CCOCc1cccc(CNC)c1. The molecular weight excluding hydrogens is 198 g/mol. The summed E-state index contributed by atoms with van der Waals surface area (Å²) in [6, 6.07) is 8.47. The minimum atomic E-state index is 0.685. The van der Waals surface area contributed by atoms with Crippen molar-refractivity contribution in [1.82, 2.24) is 5.32 Å². The number of ether oxygens (including phenoxy) is 1. The zero-order valence-electron chi connectivity index (χ0n) is 10.3. The number of rotatable bonds is 7. The van der Waals surface area contributed by atoms with Gasteiger partial charge in [0.15, 0.2) is 0 Å². The Kier molecular flexibility index (Phi) is 5.83. The van der Waals surface area contributed by atoms with Gasteiger partial charge in [-0.25, -0.2) is 0 Å². The minimum Gasteiger partial charge on any atom is -0.376 e. The van der Waals surface area contributed by atoms with E-state index in [1.54, 1.807) is 0 Å². The highest BCUT2D eigenvalue weighted by Crippen LogP contribution is 2.07. The van der Waals surface area contributed by atoms with Crippen molar-refractivity contribution in [2.45, 2.75) is 26.5 Å². The van der Waals surface area contributed by atoms with E-state index in [9.17, 15) is 0 Å². The van der Waals surface area contributed by atoms with Crippen LogP contribution in [-0.4, -0.2) is 13.7 Å². The molecule has 1 aromatic carbocycles. The quantitative estimate of drug-likeness (QED) is 0.562. The van der Waals surface area contributed by atoms with Gasteiger partial charge in [0.05, 0.1) is 13.2 Å². The Hall–Kier alpha value is -1.12. The predicted octanol–water partition coefficient (Wildman–Crippen LogP) is 2.89. The molecule has 0 aromatic heterocycles. The van der Waals surface area contributed by atoms with Crippen molar-refractivity contribution in [2.24, 2.45) is 0 Å².